The van der Waals surface area contributed by atoms with Crippen molar-refractivity contribution in [3.8, 4) is 0 Å². The smallest absolute Gasteiger partial charge is 0.335 e. The van der Waals surface area contributed by atoms with E-state index in [2.05, 4.69) is 27.4 Å². The standard InChI is InChI=1S/C8H12N2O4S/c1-13-6(11)3-5(7(12)14-2)4-10-8(9)15/h4H,3H2,1-2H3,(H3,9,10,15)/b5-4+. The lowest BCUT2D eigenvalue weighted by molar-refractivity contribution is -0.143. The quantitative estimate of drug-likeness (QED) is 0.210. The van der Waals surface area contributed by atoms with Gasteiger partial charge in [-0.1, -0.05) is 0 Å². The van der Waals surface area contributed by atoms with Crippen LogP contribution in [0.15, 0.2) is 11.8 Å². The van der Waals surface area contributed by atoms with Gasteiger partial charge in [0.05, 0.1) is 26.2 Å². The van der Waals surface area contributed by atoms with Crippen LogP contribution in [-0.2, 0) is 19.1 Å². The minimum Gasteiger partial charge on any atom is -0.469 e. The number of esters is 2. The highest BCUT2D eigenvalue weighted by Crippen LogP contribution is 2.04. The number of amidine groups is 1. The van der Waals surface area contributed by atoms with Crippen molar-refractivity contribution in [3.05, 3.63) is 11.8 Å². The minimum atomic E-state index is -0.664. The van der Waals surface area contributed by atoms with Gasteiger partial charge in [-0.2, -0.15) is 0 Å². The molecule has 0 unspecified atom stereocenters. The molecule has 84 valence electrons. The second-order valence-electron chi connectivity index (χ2n) is 2.41. The third-order valence-electron chi connectivity index (χ3n) is 1.39. The Morgan fingerprint density at radius 3 is 2.40 bits per heavy atom. The molecule has 0 fully saturated rings. The zero-order valence-corrected chi connectivity index (χ0v) is 9.26. The monoisotopic (exact) mass is 232 g/mol. The summed E-state index contributed by atoms with van der Waals surface area (Å²) in [7, 11) is 2.41. The van der Waals surface area contributed by atoms with Crippen molar-refractivity contribution in [1.29, 1.82) is 5.41 Å². The fraction of sp³-hybridized carbons (Fsp3) is 0.375. The molecular formula is C8H12N2O4S. The molecule has 0 saturated heterocycles. The summed E-state index contributed by atoms with van der Waals surface area (Å²) in [5.41, 5.74) is 0.0585. The van der Waals surface area contributed by atoms with Crippen LogP contribution in [-0.4, -0.2) is 31.3 Å². The van der Waals surface area contributed by atoms with E-state index in [1.807, 2.05) is 0 Å². The molecule has 0 aliphatic heterocycles. The van der Waals surface area contributed by atoms with Crippen LogP contribution < -0.4 is 5.32 Å². The summed E-state index contributed by atoms with van der Waals surface area (Å²) < 4.78 is 8.83. The normalized spacial score (nSPS) is 10.5. The van der Waals surface area contributed by atoms with E-state index in [1.165, 1.54) is 20.4 Å². The lowest BCUT2D eigenvalue weighted by Gasteiger charge is -2.04. The van der Waals surface area contributed by atoms with E-state index < -0.39 is 11.9 Å². The van der Waals surface area contributed by atoms with Crippen LogP contribution >= 0.6 is 12.6 Å². The molecule has 0 atom stereocenters. The van der Waals surface area contributed by atoms with Crippen molar-refractivity contribution < 1.29 is 19.1 Å². The molecule has 0 heterocycles. The number of thiol groups is 1. The summed E-state index contributed by atoms with van der Waals surface area (Å²) in [6.45, 7) is 0. The zero-order chi connectivity index (χ0) is 11.8. The van der Waals surface area contributed by atoms with Gasteiger partial charge in [0.15, 0.2) is 5.17 Å². The molecule has 0 amide bonds. The van der Waals surface area contributed by atoms with Gasteiger partial charge in [-0.15, -0.1) is 12.6 Å². The summed E-state index contributed by atoms with van der Waals surface area (Å²) in [5, 5.41) is 9.17. The fourth-order valence-corrected chi connectivity index (χ4v) is 0.761. The first-order valence-electron chi connectivity index (χ1n) is 3.89. The van der Waals surface area contributed by atoms with Crippen LogP contribution in [0.5, 0.6) is 0 Å². The second-order valence-corrected chi connectivity index (χ2v) is 2.85. The lowest BCUT2D eigenvalue weighted by atomic mass is 10.2. The predicted molar refractivity (Wildman–Crippen MR) is 56.6 cm³/mol. The average molecular weight is 232 g/mol. The highest BCUT2D eigenvalue weighted by Gasteiger charge is 2.14. The lowest BCUT2D eigenvalue weighted by Crippen LogP contribution is -2.16. The Morgan fingerprint density at radius 1 is 1.40 bits per heavy atom. The summed E-state index contributed by atoms with van der Waals surface area (Å²) in [6.07, 6.45) is 0.954. The molecule has 0 aromatic carbocycles. The Morgan fingerprint density at radius 2 is 2.00 bits per heavy atom. The third kappa shape index (κ3) is 5.74. The molecule has 0 rings (SSSR count). The van der Waals surface area contributed by atoms with Crippen LogP contribution in [0.4, 0.5) is 0 Å². The summed E-state index contributed by atoms with van der Waals surface area (Å²) in [4.78, 5) is 22.1. The van der Waals surface area contributed by atoms with Crippen molar-refractivity contribution in [3.63, 3.8) is 0 Å². The Bertz CT molecular complexity index is 301. The fourth-order valence-electron chi connectivity index (χ4n) is 0.696. The maximum Gasteiger partial charge on any atom is 0.335 e. The highest BCUT2D eigenvalue weighted by molar-refractivity contribution is 7.96. The van der Waals surface area contributed by atoms with Crippen LogP contribution in [0.3, 0.4) is 0 Å². The molecular weight excluding hydrogens is 220 g/mol. The summed E-state index contributed by atoms with van der Waals surface area (Å²) in [6, 6.07) is 0. The van der Waals surface area contributed by atoms with Gasteiger partial charge < -0.3 is 14.8 Å². The average Bonchev–Trinajstić information content (AvgIpc) is 2.22. The Balaban J connectivity index is 4.57. The van der Waals surface area contributed by atoms with E-state index in [0.717, 1.165) is 0 Å². The number of hydrogen-bond acceptors (Lipinski definition) is 5. The van der Waals surface area contributed by atoms with E-state index in [0.29, 0.717) is 0 Å². The van der Waals surface area contributed by atoms with Crippen molar-refractivity contribution in [1.82, 2.24) is 5.32 Å². The Hall–Kier alpha value is -1.50. The number of nitrogens with one attached hydrogen (secondary N) is 2. The summed E-state index contributed by atoms with van der Waals surface area (Å²) >= 11 is 3.64. The topological polar surface area (TPSA) is 88.5 Å². The molecule has 0 bridgehead atoms. The number of hydrogen-bond donors (Lipinski definition) is 3. The van der Waals surface area contributed by atoms with E-state index >= 15 is 0 Å². The maximum absolute atomic E-state index is 11.1. The first-order chi connectivity index (χ1) is 7.01. The zero-order valence-electron chi connectivity index (χ0n) is 8.36. The van der Waals surface area contributed by atoms with Gasteiger partial charge >= 0.3 is 11.9 Å². The van der Waals surface area contributed by atoms with Gasteiger partial charge in [-0.25, -0.2) is 4.79 Å². The van der Waals surface area contributed by atoms with E-state index in [4.69, 9.17) is 5.41 Å². The predicted octanol–water partition coefficient (Wildman–Crippen LogP) is 0.0606. The number of rotatable bonds is 4. The Labute approximate surface area is 92.5 Å². The third-order valence-corrected chi connectivity index (χ3v) is 1.52. The molecule has 0 aromatic heterocycles. The SMILES string of the molecule is COC(=O)C/C(=C\NC(=N)S)C(=O)OC. The molecule has 0 aliphatic carbocycles. The molecule has 15 heavy (non-hydrogen) atoms. The van der Waals surface area contributed by atoms with Crippen molar-refractivity contribution >= 4 is 29.7 Å². The van der Waals surface area contributed by atoms with Gasteiger partial charge in [0, 0.05) is 6.20 Å². The molecule has 7 heteroatoms. The molecule has 0 spiro atoms. The number of ether oxygens (including phenoxy) is 2. The molecule has 0 saturated carbocycles. The highest BCUT2D eigenvalue weighted by atomic mass is 32.1. The number of methoxy groups -OCH3 is 2. The van der Waals surface area contributed by atoms with Crippen LogP contribution in [0.25, 0.3) is 0 Å². The van der Waals surface area contributed by atoms with Crippen molar-refractivity contribution in [2.75, 3.05) is 14.2 Å². The number of carbonyl (C=O) groups is 2. The van der Waals surface area contributed by atoms with Gasteiger partial charge in [0.1, 0.15) is 0 Å². The van der Waals surface area contributed by atoms with E-state index in [1.54, 1.807) is 0 Å². The first-order valence-corrected chi connectivity index (χ1v) is 4.34. The van der Waals surface area contributed by atoms with E-state index in [-0.39, 0.29) is 17.2 Å². The van der Waals surface area contributed by atoms with Gasteiger partial charge in [-0.3, -0.25) is 10.2 Å². The van der Waals surface area contributed by atoms with Crippen molar-refractivity contribution in [2.45, 2.75) is 6.42 Å². The molecule has 0 aromatic rings. The van der Waals surface area contributed by atoms with Gasteiger partial charge in [-0.05, 0) is 0 Å². The van der Waals surface area contributed by atoms with Gasteiger partial charge in [0.25, 0.3) is 0 Å². The van der Waals surface area contributed by atoms with Crippen LogP contribution in [0.1, 0.15) is 6.42 Å². The molecule has 0 aliphatic rings. The van der Waals surface area contributed by atoms with Crippen molar-refractivity contribution in [2.24, 2.45) is 0 Å². The van der Waals surface area contributed by atoms with Gasteiger partial charge in [0.2, 0.25) is 0 Å². The molecule has 6 nitrogen and oxygen atoms in total. The Kier molecular flexibility index (Phi) is 6.19. The summed E-state index contributed by atoms with van der Waals surface area (Å²) in [5.74, 6) is -1.23. The molecule has 2 N–H and O–H groups in total. The van der Waals surface area contributed by atoms with Crippen LogP contribution in [0.2, 0.25) is 0 Å². The first kappa shape index (κ1) is 13.5. The second kappa shape index (κ2) is 6.88. The molecule has 0 radical (unpaired) electrons. The number of carbonyl (C=O) groups excluding carboxylic acids is 2. The maximum atomic E-state index is 11.1. The minimum absolute atomic E-state index is 0.0585. The van der Waals surface area contributed by atoms with Crippen LogP contribution in [0, 0.1) is 5.41 Å². The van der Waals surface area contributed by atoms with E-state index in [9.17, 15) is 9.59 Å². The largest absolute Gasteiger partial charge is 0.469 e.